The van der Waals surface area contributed by atoms with Crippen molar-refractivity contribution < 1.29 is 9.72 Å². The number of amides is 2. The highest BCUT2D eigenvalue weighted by atomic mass is 32.1. The lowest BCUT2D eigenvalue weighted by atomic mass is 10.1. The Balaban J connectivity index is 1.91. The van der Waals surface area contributed by atoms with Crippen LogP contribution in [0.5, 0.6) is 0 Å². The van der Waals surface area contributed by atoms with Gasteiger partial charge in [-0.15, -0.1) is 0 Å². The zero-order valence-electron chi connectivity index (χ0n) is 13.9. The van der Waals surface area contributed by atoms with Crippen molar-refractivity contribution in [2.24, 2.45) is 12.0 Å². The van der Waals surface area contributed by atoms with Crippen molar-refractivity contribution in [3.63, 3.8) is 0 Å². The van der Waals surface area contributed by atoms with E-state index in [0.717, 1.165) is 21.3 Å². The summed E-state index contributed by atoms with van der Waals surface area (Å²) >= 11 is 1.44. The first-order chi connectivity index (χ1) is 11.8. The van der Waals surface area contributed by atoms with E-state index >= 15 is 0 Å². The summed E-state index contributed by atoms with van der Waals surface area (Å²) in [5.41, 5.74) is 3.77. The van der Waals surface area contributed by atoms with Crippen LogP contribution in [0.1, 0.15) is 11.1 Å². The number of hydrogen-bond donors (Lipinski definition) is 1. The molecule has 8 heteroatoms. The maximum Gasteiger partial charge on any atom is 0.348 e. The predicted octanol–water partition coefficient (Wildman–Crippen LogP) is 3.90. The first kappa shape index (κ1) is 16.8. The van der Waals surface area contributed by atoms with Crippen LogP contribution in [0, 0.1) is 24.0 Å². The minimum atomic E-state index is -0.523. The summed E-state index contributed by atoms with van der Waals surface area (Å²) in [6.07, 6.45) is 0. The molecule has 0 unspecified atom stereocenters. The van der Waals surface area contributed by atoms with E-state index in [1.165, 1.54) is 35.6 Å². The molecule has 0 atom stereocenters. The molecule has 1 heterocycles. The van der Waals surface area contributed by atoms with Gasteiger partial charge < -0.3 is 9.88 Å². The van der Waals surface area contributed by atoms with Gasteiger partial charge in [-0.05, 0) is 43.2 Å². The summed E-state index contributed by atoms with van der Waals surface area (Å²) in [5, 5.41) is 13.3. The van der Waals surface area contributed by atoms with Crippen LogP contribution in [-0.4, -0.2) is 15.5 Å². The van der Waals surface area contributed by atoms with Crippen LogP contribution >= 0.6 is 11.3 Å². The van der Waals surface area contributed by atoms with E-state index in [1.54, 1.807) is 0 Å². The van der Waals surface area contributed by atoms with Crippen molar-refractivity contribution in [2.75, 3.05) is 5.32 Å². The smallest absolute Gasteiger partial charge is 0.319 e. The van der Waals surface area contributed by atoms with Crippen molar-refractivity contribution >= 4 is 39.0 Å². The third-order valence-corrected chi connectivity index (χ3v) is 4.84. The van der Waals surface area contributed by atoms with Crippen LogP contribution in [0.25, 0.3) is 10.2 Å². The van der Waals surface area contributed by atoms with Gasteiger partial charge in [0.15, 0.2) is 4.80 Å². The fourth-order valence-electron chi connectivity index (χ4n) is 2.69. The molecule has 0 radical (unpaired) electrons. The number of carbonyl (C=O) groups is 1. The second kappa shape index (κ2) is 6.48. The first-order valence-corrected chi connectivity index (χ1v) is 8.34. The number of carbonyl (C=O) groups excluding carboxylic acids is 1. The second-order valence-electron chi connectivity index (χ2n) is 5.72. The minimum Gasteiger partial charge on any atom is -0.319 e. The Bertz CT molecular complexity index is 1050. The SMILES string of the molecule is Cc1cc(C)c2c(c1)s/c(=N/C(=O)Nc1ccc([N+](=O)[O-])cc1)n2C. The number of rotatable bonds is 2. The molecule has 25 heavy (non-hydrogen) atoms. The average molecular weight is 356 g/mol. The van der Waals surface area contributed by atoms with Gasteiger partial charge in [0, 0.05) is 24.9 Å². The third-order valence-electron chi connectivity index (χ3n) is 3.76. The van der Waals surface area contributed by atoms with Crippen LogP contribution in [0.4, 0.5) is 16.2 Å². The summed E-state index contributed by atoms with van der Waals surface area (Å²) in [6, 6.07) is 9.26. The molecule has 1 aromatic heterocycles. The number of nitro groups is 1. The quantitative estimate of drug-likeness (QED) is 0.558. The number of urea groups is 1. The molecule has 0 spiro atoms. The largest absolute Gasteiger partial charge is 0.348 e. The number of nitrogens with zero attached hydrogens (tertiary/aromatic N) is 3. The molecule has 0 saturated carbocycles. The summed E-state index contributed by atoms with van der Waals surface area (Å²) in [4.78, 5) is 27.0. The van der Waals surface area contributed by atoms with Gasteiger partial charge in [-0.1, -0.05) is 17.4 Å². The van der Waals surface area contributed by atoms with E-state index in [1.807, 2.05) is 25.5 Å². The zero-order valence-corrected chi connectivity index (χ0v) is 14.8. The lowest BCUT2D eigenvalue weighted by Crippen LogP contribution is -2.16. The van der Waals surface area contributed by atoms with E-state index in [2.05, 4.69) is 22.4 Å². The molecule has 3 rings (SSSR count). The highest BCUT2D eigenvalue weighted by Crippen LogP contribution is 2.22. The summed E-state index contributed by atoms with van der Waals surface area (Å²) < 4.78 is 2.96. The molecule has 2 aromatic carbocycles. The van der Waals surface area contributed by atoms with E-state index in [0.29, 0.717) is 10.5 Å². The number of aryl methyl sites for hydroxylation is 3. The highest BCUT2D eigenvalue weighted by molar-refractivity contribution is 7.16. The van der Waals surface area contributed by atoms with Crippen molar-refractivity contribution in [1.29, 1.82) is 0 Å². The molecule has 0 aliphatic heterocycles. The van der Waals surface area contributed by atoms with E-state index in [4.69, 9.17) is 0 Å². The van der Waals surface area contributed by atoms with Crippen molar-refractivity contribution in [3.8, 4) is 0 Å². The highest BCUT2D eigenvalue weighted by Gasteiger charge is 2.09. The van der Waals surface area contributed by atoms with Crippen LogP contribution in [0.15, 0.2) is 41.4 Å². The maximum atomic E-state index is 12.2. The Morgan fingerprint density at radius 3 is 2.56 bits per heavy atom. The van der Waals surface area contributed by atoms with Gasteiger partial charge in [-0.3, -0.25) is 10.1 Å². The second-order valence-corrected chi connectivity index (χ2v) is 6.73. The van der Waals surface area contributed by atoms with Crippen LogP contribution in [-0.2, 0) is 7.05 Å². The van der Waals surface area contributed by atoms with Gasteiger partial charge in [-0.2, -0.15) is 4.99 Å². The van der Waals surface area contributed by atoms with Crippen LogP contribution < -0.4 is 10.1 Å². The summed E-state index contributed by atoms with van der Waals surface area (Å²) in [5.74, 6) is 0. The van der Waals surface area contributed by atoms with Gasteiger partial charge in [0.25, 0.3) is 5.69 Å². The molecule has 0 aliphatic carbocycles. The van der Waals surface area contributed by atoms with Gasteiger partial charge in [0.2, 0.25) is 0 Å². The lowest BCUT2D eigenvalue weighted by molar-refractivity contribution is -0.384. The molecule has 1 N–H and O–H groups in total. The molecule has 0 bridgehead atoms. The summed E-state index contributed by atoms with van der Waals surface area (Å²) in [7, 11) is 1.87. The number of fused-ring (bicyclic) bond motifs is 1. The average Bonchev–Trinajstić information content (AvgIpc) is 2.83. The number of thiazole rings is 1. The van der Waals surface area contributed by atoms with Crippen molar-refractivity contribution in [2.45, 2.75) is 13.8 Å². The molecule has 3 aromatic rings. The number of benzene rings is 2. The molecule has 0 fully saturated rings. The molecule has 0 saturated heterocycles. The topological polar surface area (TPSA) is 89.5 Å². The minimum absolute atomic E-state index is 0.0308. The number of anilines is 1. The van der Waals surface area contributed by atoms with E-state index < -0.39 is 11.0 Å². The molecular formula is C17H16N4O3S. The first-order valence-electron chi connectivity index (χ1n) is 7.52. The van der Waals surface area contributed by atoms with E-state index in [-0.39, 0.29) is 5.69 Å². The fraction of sp³-hybridized carbons (Fsp3) is 0.176. The maximum absolute atomic E-state index is 12.2. The van der Waals surface area contributed by atoms with Crippen LogP contribution in [0.3, 0.4) is 0 Å². The molecular weight excluding hydrogens is 340 g/mol. The van der Waals surface area contributed by atoms with Crippen molar-refractivity contribution in [3.05, 3.63) is 62.4 Å². The molecule has 7 nitrogen and oxygen atoms in total. The Hall–Kier alpha value is -3.00. The Labute approximate surface area is 147 Å². The predicted molar refractivity (Wildman–Crippen MR) is 97.9 cm³/mol. The Kier molecular flexibility index (Phi) is 4.37. The number of hydrogen-bond acceptors (Lipinski definition) is 4. The molecule has 0 aliphatic rings. The number of nitro benzene ring substituents is 1. The van der Waals surface area contributed by atoms with E-state index in [9.17, 15) is 14.9 Å². The normalized spacial score (nSPS) is 11.7. The van der Waals surface area contributed by atoms with Gasteiger partial charge >= 0.3 is 6.03 Å². The fourth-order valence-corrected chi connectivity index (χ4v) is 3.89. The number of aromatic nitrogens is 1. The lowest BCUT2D eigenvalue weighted by Gasteiger charge is -2.02. The zero-order chi connectivity index (χ0) is 18.1. The number of nitrogens with one attached hydrogen (secondary N) is 1. The van der Waals surface area contributed by atoms with Gasteiger partial charge in [-0.25, -0.2) is 4.79 Å². The molecule has 2 amide bonds. The number of non-ortho nitro benzene ring substituents is 1. The Morgan fingerprint density at radius 1 is 1.24 bits per heavy atom. The van der Waals surface area contributed by atoms with Crippen molar-refractivity contribution in [1.82, 2.24) is 4.57 Å². The summed E-state index contributed by atoms with van der Waals surface area (Å²) in [6.45, 7) is 4.06. The van der Waals surface area contributed by atoms with Crippen LogP contribution in [0.2, 0.25) is 0 Å². The van der Waals surface area contributed by atoms with Gasteiger partial charge in [0.05, 0.1) is 15.1 Å². The Morgan fingerprint density at radius 2 is 1.92 bits per heavy atom. The monoisotopic (exact) mass is 356 g/mol. The third kappa shape index (κ3) is 3.43. The molecule has 128 valence electrons. The van der Waals surface area contributed by atoms with Gasteiger partial charge in [0.1, 0.15) is 0 Å². The standard InChI is InChI=1S/C17H16N4O3S/c1-10-8-11(2)15-14(9-10)25-17(20(15)3)19-16(22)18-12-4-6-13(7-5-12)21(23)24/h4-9H,1-3H3,(H,18,22)/b19-17+.